The lowest BCUT2D eigenvalue weighted by Gasteiger charge is -2.19. The first kappa shape index (κ1) is 19.9. The Morgan fingerprint density at radius 1 is 1.18 bits per heavy atom. The van der Waals surface area contributed by atoms with Crippen LogP contribution in [0, 0.1) is 11.7 Å². The summed E-state index contributed by atoms with van der Waals surface area (Å²) in [6, 6.07) is 13.5. The maximum atomic E-state index is 14.1. The average molecular weight is 385 g/mol. The van der Waals surface area contributed by atoms with Crippen LogP contribution in [0.1, 0.15) is 30.9 Å². The Morgan fingerprint density at radius 2 is 1.86 bits per heavy atom. The molecule has 6 heteroatoms. The highest BCUT2D eigenvalue weighted by Gasteiger charge is 2.52. The zero-order valence-electron chi connectivity index (χ0n) is 15.8. The van der Waals surface area contributed by atoms with E-state index in [4.69, 9.17) is 4.74 Å². The van der Waals surface area contributed by atoms with Gasteiger partial charge >= 0.3 is 5.97 Å². The molecule has 0 heterocycles. The van der Waals surface area contributed by atoms with Crippen molar-refractivity contribution in [1.82, 2.24) is 5.32 Å². The number of halogens is 1. The molecular weight excluding hydrogens is 361 g/mol. The van der Waals surface area contributed by atoms with Crippen LogP contribution in [0.15, 0.2) is 48.5 Å². The third-order valence-electron chi connectivity index (χ3n) is 5.15. The van der Waals surface area contributed by atoms with Crippen LogP contribution in [-0.4, -0.2) is 30.1 Å². The van der Waals surface area contributed by atoms with Crippen LogP contribution in [-0.2, 0) is 21.4 Å². The highest BCUT2D eigenvalue weighted by molar-refractivity contribution is 5.91. The molecule has 2 N–H and O–H groups in total. The van der Waals surface area contributed by atoms with E-state index in [0.29, 0.717) is 25.0 Å². The Morgan fingerprint density at radius 3 is 2.43 bits per heavy atom. The van der Waals surface area contributed by atoms with Crippen LogP contribution < -0.4 is 10.1 Å². The third-order valence-corrected chi connectivity index (χ3v) is 5.15. The van der Waals surface area contributed by atoms with Crippen molar-refractivity contribution >= 4 is 11.9 Å². The maximum Gasteiger partial charge on any atom is 0.308 e. The van der Waals surface area contributed by atoms with Crippen molar-refractivity contribution in [3.8, 4) is 5.75 Å². The van der Waals surface area contributed by atoms with E-state index in [2.05, 4.69) is 5.32 Å². The van der Waals surface area contributed by atoms with E-state index in [9.17, 15) is 19.1 Å². The largest absolute Gasteiger partial charge is 0.494 e. The van der Waals surface area contributed by atoms with E-state index in [1.165, 1.54) is 6.07 Å². The van der Waals surface area contributed by atoms with Gasteiger partial charge in [0.05, 0.1) is 17.9 Å². The van der Waals surface area contributed by atoms with Crippen molar-refractivity contribution in [3.63, 3.8) is 0 Å². The van der Waals surface area contributed by atoms with Crippen LogP contribution in [0.5, 0.6) is 5.75 Å². The number of carboxylic acid groups (broad SMARTS) is 1. The molecule has 1 unspecified atom stereocenters. The predicted octanol–water partition coefficient (Wildman–Crippen LogP) is 3.32. The average Bonchev–Trinajstić information content (AvgIpc) is 3.48. The zero-order chi connectivity index (χ0) is 20.1. The number of carboxylic acids is 1. The molecule has 148 valence electrons. The van der Waals surface area contributed by atoms with Gasteiger partial charge in [-0.2, -0.15) is 0 Å². The summed E-state index contributed by atoms with van der Waals surface area (Å²) in [5, 5.41) is 12.3. The number of rotatable bonds is 9. The quantitative estimate of drug-likeness (QED) is 0.694. The number of hydrogen-bond acceptors (Lipinski definition) is 3. The highest BCUT2D eigenvalue weighted by Crippen LogP contribution is 2.49. The van der Waals surface area contributed by atoms with Crippen molar-refractivity contribution in [3.05, 3.63) is 65.5 Å². The molecule has 2 aromatic rings. The van der Waals surface area contributed by atoms with Gasteiger partial charge in [0.25, 0.3) is 0 Å². The van der Waals surface area contributed by atoms with Gasteiger partial charge in [-0.05, 0) is 49.9 Å². The van der Waals surface area contributed by atoms with Gasteiger partial charge in [-0.1, -0.05) is 30.3 Å². The first-order valence-electron chi connectivity index (χ1n) is 9.44. The summed E-state index contributed by atoms with van der Waals surface area (Å²) < 4.78 is 19.5. The fourth-order valence-corrected chi connectivity index (χ4v) is 3.40. The molecule has 1 atom stereocenters. The number of aliphatic carboxylic acids is 1. The molecule has 1 aliphatic carbocycles. The van der Waals surface area contributed by atoms with Crippen molar-refractivity contribution in [1.29, 1.82) is 0 Å². The van der Waals surface area contributed by atoms with Crippen LogP contribution in [0.3, 0.4) is 0 Å². The third kappa shape index (κ3) is 4.32. The fraction of sp³-hybridized carbons (Fsp3) is 0.364. The molecule has 1 amide bonds. The van der Waals surface area contributed by atoms with E-state index in [0.717, 1.165) is 11.3 Å². The smallest absolute Gasteiger partial charge is 0.308 e. The van der Waals surface area contributed by atoms with Crippen LogP contribution in [0.2, 0.25) is 0 Å². The summed E-state index contributed by atoms with van der Waals surface area (Å²) in [6.45, 7) is 2.45. The topological polar surface area (TPSA) is 75.6 Å². The number of ether oxygens (including phenoxy) is 1. The predicted molar refractivity (Wildman–Crippen MR) is 103 cm³/mol. The molecule has 2 aromatic carbocycles. The van der Waals surface area contributed by atoms with Crippen molar-refractivity contribution < 1.29 is 23.8 Å². The minimum absolute atomic E-state index is 0.00240. The van der Waals surface area contributed by atoms with Gasteiger partial charge in [-0.3, -0.25) is 9.59 Å². The molecule has 28 heavy (non-hydrogen) atoms. The van der Waals surface area contributed by atoms with Crippen molar-refractivity contribution in [2.24, 2.45) is 5.92 Å². The Bertz CT molecular complexity index is 846. The second kappa shape index (κ2) is 8.42. The molecule has 0 bridgehead atoms. The Kier molecular flexibility index (Phi) is 5.97. The lowest BCUT2D eigenvalue weighted by molar-refractivity contribution is -0.141. The molecule has 0 spiro atoms. The summed E-state index contributed by atoms with van der Waals surface area (Å²) in [7, 11) is 0. The number of carbonyl (C=O) groups is 2. The molecule has 0 radical (unpaired) electrons. The fourth-order valence-electron chi connectivity index (χ4n) is 3.40. The van der Waals surface area contributed by atoms with E-state index in [1.54, 1.807) is 30.3 Å². The number of nitrogens with one attached hydrogen (secondary N) is 1. The minimum Gasteiger partial charge on any atom is -0.494 e. The van der Waals surface area contributed by atoms with Gasteiger partial charge in [0.15, 0.2) is 0 Å². The Labute approximate surface area is 163 Å². The summed E-state index contributed by atoms with van der Waals surface area (Å²) in [5.74, 6) is -1.73. The van der Waals surface area contributed by atoms with Gasteiger partial charge in [-0.15, -0.1) is 0 Å². The van der Waals surface area contributed by atoms with Crippen LogP contribution in [0.25, 0.3) is 0 Å². The van der Waals surface area contributed by atoms with E-state index in [1.807, 2.05) is 19.1 Å². The Hall–Kier alpha value is -2.89. The standard InChI is InChI=1S/C22H24FNO4/c1-2-28-17-9-7-15(8-10-17)13-16(20(25)26)14-24-21(27)22(11-12-22)18-5-3-4-6-19(18)23/h3-10,16H,2,11-14H2,1H3,(H,24,27)(H,25,26). The van der Waals surface area contributed by atoms with Gasteiger partial charge in [0.1, 0.15) is 11.6 Å². The number of carbonyl (C=O) groups excluding carboxylic acids is 1. The van der Waals surface area contributed by atoms with Gasteiger partial charge in [-0.25, -0.2) is 4.39 Å². The molecule has 1 fully saturated rings. The van der Waals surface area contributed by atoms with Gasteiger partial charge in [0, 0.05) is 12.1 Å². The molecule has 0 aromatic heterocycles. The lowest BCUT2D eigenvalue weighted by Crippen LogP contribution is -2.40. The number of benzene rings is 2. The summed E-state index contributed by atoms with van der Waals surface area (Å²) >= 11 is 0. The first-order chi connectivity index (χ1) is 13.5. The molecule has 1 aliphatic rings. The number of amides is 1. The summed E-state index contributed by atoms with van der Waals surface area (Å²) in [6.07, 6.45) is 1.42. The van der Waals surface area contributed by atoms with E-state index < -0.39 is 23.1 Å². The SMILES string of the molecule is CCOc1ccc(CC(CNC(=O)C2(c3ccccc3F)CC2)C(=O)O)cc1. The van der Waals surface area contributed by atoms with Crippen LogP contribution >= 0.6 is 0 Å². The van der Waals surface area contributed by atoms with E-state index in [-0.39, 0.29) is 18.9 Å². The molecule has 5 nitrogen and oxygen atoms in total. The molecule has 0 saturated heterocycles. The second-order valence-electron chi connectivity index (χ2n) is 7.09. The van der Waals surface area contributed by atoms with Gasteiger partial charge < -0.3 is 15.2 Å². The molecular formula is C22H24FNO4. The van der Waals surface area contributed by atoms with Crippen LogP contribution in [0.4, 0.5) is 4.39 Å². The normalized spacial score (nSPS) is 15.5. The summed E-state index contributed by atoms with van der Waals surface area (Å²) in [5.41, 5.74) is 0.360. The molecule has 3 rings (SSSR count). The van der Waals surface area contributed by atoms with Gasteiger partial charge in [0.2, 0.25) is 5.91 Å². The maximum absolute atomic E-state index is 14.1. The zero-order valence-corrected chi connectivity index (χ0v) is 15.8. The second-order valence-corrected chi connectivity index (χ2v) is 7.09. The molecule has 0 aliphatic heterocycles. The van der Waals surface area contributed by atoms with E-state index >= 15 is 0 Å². The van der Waals surface area contributed by atoms with Crippen molar-refractivity contribution in [2.45, 2.75) is 31.6 Å². The first-order valence-corrected chi connectivity index (χ1v) is 9.44. The highest BCUT2D eigenvalue weighted by atomic mass is 19.1. The number of hydrogen-bond donors (Lipinski definition) is 2. The monoisotopic (exact) mass is 385 g/mol. The summed E-state index contributed by atoms with van der Waals surface area (Å²) in [4.78, 5) is 24.3. The lowest BCUT2D eigenvalue weighted by atomic mass is 9.93. The van der Waals surface area contributed by atoms with Crippen molar-refractivity contribution in [2.75, 3.05) is 13.2 Å². The molecule has 1 saturated carbocycles. The Balaban J connectivity index is 1.63. The minimum atomic E-state index is -0.982.